The zero-order chi connectivity index (χ0) is 13.2. The van der Waals surface area contributed by atoms with E-state index < -0.39 is 0 Å². The predicted octanol–water partition coefficient (Wildman–Crippen LogP) is 3.35. The molecular formula is C15H16BrNO2. The molecule has 0 saturated carbocycles. The van der Waals surface area contributed by atoms with Crippen LogP contribution in [-0.2, 0) is 6.42 Å². The first kappa shape index (κ1) is 12.9. The first-order chi connectivity index (χ1) is 9.28. The van der Waals surface area contributed by atoms with Crippen molar-refractivity contribution in [3.8, 4) is 0 Å². The molecule has 0 spiro atoms. The fraction of sp³-hybridized carbons (Fsp3) is 0.333. The van der Waals surface area contributed by atoms with Gasteiger partial charge in [-0.2, -0.15) is 0 Å². The highest BCUT2D eigenvalue weighted by molar-refractivity contribution is 9.10. The van der Waals surface area contributed by atoms with Gasteiger partial charge in [0.25, 0.3) is 0 Å². The van der Waals surface area contributed by atoms with Gasteiger partial charge in [0.05, 0.1) is 18.9 Å². The van der Waals surface area contributed by atoms with Crippen molar-refractivity contribution in [2.24, 2.45) is 0 Å². The van der Waals surface area contributed by atoms with Crippen LogP contribution in [0.15, 0.2) is 45.5 Å². The van der Waals surface area contributed by atoms with E-state index in [9.17, 15) is 5.11 Å². The summed E-state index contributed by atoms with van der Waals surface area (Å²) >= 11 is 3.51. The second-order valence-corrected chi connectivity index (χ2v) is 5.77. The van der Waals surface area contributed by atoms with Gasteiger partial charge < -0.3 is 9.52 Å². The number of fused-ring (bicyclic) bond motifs is 1. The summed E-state index contributed by atoms with van der Waals surface area (Å²) in [6.07, 6.45) is 3.77. The maximum Gasteiger partial charge on any atom is 0.123 e. The number of aliphatic hydroxyl groups excluding tert-OH is 1. The van der Waals surface area contributed by atoms with Crippen molar-refractivity contribution in [3.63, 3.8) is 0 Å². The Bertz CT molecular complexity index is 553. The van der Waals surface area contributed by atoms with Crippen molar-refractivity contribution < 1.29 is 9.52 Å². The van der Waals surface area contributed by atoms with Gasteiger partial charge in [0, 0.05) is 10.5 Å². The molecule has 2 unspecified atom stereocenters. The first-order valence-corrected chi connectivity index (χ1v) is 7.26. The number of aryl methyl sites for hydroxylation is 1. The molecule has 2 N–H and O–H groups in total. The number of hydrogen-bond donors (Lipinski definition) is 2. The Balaban J connectivity index is 1.79. The number of benzene rings is 1. The normalized spacial score (nSPS) is 19.4. The lowest BCUT2D eigenvalue weighted by Crippen LogP contribution is -2.27. The lowest BCUT2D eigenvalue weighted by Gasteiger charge is -2.20. The van der Waals surface area contributed by atoms with Crippen molar-refractivity contribution in [1.29, 1.82) is 0 Å². The summed E-state index contributed by atoms with van der Waals surface area (Å²) in [6, 6.07) is 10.3. The number of hydrogen-bond acceptors (Lipinski definition) is 3. The zero-order valence-electron chi connectivity index (χ0n) is 10.5. The maximum atomic E-state index is 9.52. The van der Waals surface area contributed by atoms with Crippen molar-refractivity contribution in [2.45, 2.75) is 24.9 Å². The maximum absolute atomic E-state index is 9.52. The lowest BCUT2D eigenvalue weighted by atomic mass is 10.1. The van der Waals surface area contributed by atoms with E-state index in [-0.39, 0.29) is 18.7 Å². The van der Waals surface area contributed by atoms with Gasteiger partial charge in [-0.3, -0.25) is 5.32 Å². The SMILES string of the molecule is OCC(NC1CCc2cc(Br)ccc21)c1ccco1. The van der Waals surface area contributed by atoms with Crippen molar-refractivity contribution in [3.05, 3.63) is 58.0 Å². The van der Waals surface area contributed by atoms with Gasteiger partial charge in [-0.1, -0.05) is 22.0 Å². The number of furan rings is 1. The average molecular weight is 322 g/mol. The Morgan fingerprint density at radius 2 is 2.32 bits per heavy atom. The number of aliphatic hydroxyl groups is 1. The number of halogens is 1. The second-order valence-electron chi connectivity index (χ2n) is 4.85. The van der Waals surface area contributed by atoms with Crippen LogP contribution < -0.4 is 5.32 Å². The quantitative estimate of drug-likeness (QED) is 0.907. The highest BCUT2D eigenvalue weighted by atomic mass is 79.9. The van der Waals surface area contributed by atoms with Crippen LogP contribution in [0.2, 0.25) is 0 Å². The largest absolute Gasteiger partial charge is 0.468 e. The van der Waals surface area contributed by atoms with Crippen LogP contribution in [0.5, 0.6) is 0 Å². The molecule has 1 aliphatic rings. The minimum Gasteiger partial charge on any atom is -0.468 e. The van der Waals surface area contributed by atoms with E-state index in [1.165, 1.54) is 11.1 Å². The average Bonchev–Trinajstić information content (AvgIpc) is 3.05. The van der Waals surface area contributed by atoms with Gasteiger partial charge in [-0.05, 0) is 48.2 Å². The highest BCUT2D eigenvalue weighted by Gasteiger charge is 2.26. The van der Waals surface area contributed by atoms with Gasteiger partial charge in [0.1, 0.15) is 5.76 Å². The Labute approximate surface area is 120 Å². The van der Waals surface area contributed by atoms with E-state index >= 15 is 0 Å². The van der Waals surface area contributed by atoms with Crippen LogP contribution in [0.1, 0.15) is 35.4 Å². The molecule has 0 aliphatic heterocycles. The van der Waals surface area contributed by atoms with Gasteiger partial charge in [0.15, 0.2) is 0 Å². The molecule has 1 heterocycles. The molecule has 1 aliphatic carbocycles. The monoisotopic (exact) mass is 321 g/mol. The molecule has 1 aromatic heterocycles. The topological polar surface area (TPSA) is 45.4 Å². The fourth-order valence-electron chi connectivity index (χ4n) is 2.72. The van der Waals surface area contributed by atoms with Crippen molar-refractivity contribution >= 4 is 15.9 Å². The van der Waals surface area contributed by atoms with E-state index in [4.69, 9.17) is 4.42 Å². The van der Waals surface area contributed by atoms with E-state index in [0.717, 1.165) is 23.1 Å². The molecule has 0 saturated heterocycles. The minimum absolute atomic E-state index is 0.0376. The third-order valence-electron chi connectivity index (χ3n) is 3.65. The van der Waals surface area contributed by atoms with E-state index in [1.807, 2.05) is 12.1 Å². The summed E-state index contributed by atoms with van der Waals surface area (Å²) in [4.78, 5) is 0. The van der Waals surface area contributed by atoms with Gasteiger partial charge >= 0.3 is 0 Å². The molecule has 2 atom stereocenters. The minimum atomic E-state index is -0.144. The molecule has 0 fully saturated rings. The van der Waals surface area contributed by atoms with Crippen LogP contribution >= 0.6 is 15.9 Å². The number of nitrogens with one attached hydrogen (secondary N) is 1. The highest BCUT2D eigenvalue weighted by Crippen LogP contribution is 2.34. The molecule has 19 heavy (non-hydrogen) atoms. The number of rotatable bonds is 4. The van der Waals surface area contributed by atoms with Crippen molar-refractivity contribution in [1.82, 2.24) is 5.32 Å². The lowest BCUT2D eigenvalue weighted by molar-refractivity contribution is 0.214. The third kappa shape index (κ3) is 2.61. The fourth-order valence-corrected chi connectivity index (χ4v) is 3.12. The van der Waals surface area contributed by atoms with Gasteiger partial charge in [0.2, 0.25) is 0 Å². The van der Waals surface area contributed by atoms with Crippen LogP contribution in [0.25, 0.3) is 0 Å². The smallest absolute Gasteiger partial charge is 0.123 e. The standard InChI is InChI=1S/C15H16BrNO2/c16-11-4-5-12-10(8-11)3-6-13(12)17-14(9-18)15-2-1-7-19-15/h1-2,4-5,7-8,13-14,17-18H,3,6,9H2. The third-order valence-corrected chi connectivity index (χ3v) is 4.15. The van der Waals surface area contributed by atoms with E-state index in [1.54, 1.807) is 6.26 Å². The Morgan fingerprint density at radius 3 is 3.05 bits per heavy atom. The predicted molar refractivity (Wildman–Crippen MR) is 76.9 cm³/mol. The Kier molecular flexibility index (Phi) is 3.73. The van der Waals surface area contributed by atoms with Gasteiger partial charge in [-0.15, -0.1) is 0 Å². The Hall–Kier alpha value is -1.10. The van der Waals surface area contributed by atoms with Crippen LogP contribution in [0.3, 0.4) is 0 Å². The van der Waals surface area contributed by atoms with E-state index in [0.29, 0.717) is 0 Å². The molecule has 1 aromatic carbocycles. The summed E-state index contributed by atoms with van der Waals surface area (Å²) in [5.74, 6) is 0.785. The summed E-state index contributed by atoms with van der Waals surface area (Å²) in [7, 11) is 0. The van der Waals surface area contributed by atoms with Crippen LogP contribution in [0, 0.1) is 0 Å². The molecule has 2 aromatic rings. The molecule has 0 radical (unpaired) electrons. The Morgan fingerprint density at radius 1 is 1.42 bits per heavy atom. The van der Waals surface area contributed by atoms with Crippen LogP contribution in [-0.4, -0.2) is 11.7 Å². The molecule has 3 nitrogen and oxygen atoms in total. The van der Waals surface area contributed by atoms with E-state index in [2.05, 4.69) is 39.4 Å². The van der Waals surface area contributed by atoms with Crippen molar-refractivity contribution in [2.75, 3.05) is 6.61 Å². The molecule has 0 bridgehead atoms. The summed E-state index contributed by atoms with van der Waals surface area (Å²) < 4.78 is 6.50. The summed E-state index contributed by atoms with van der Waals surface area (Å²) in [5.41, 5.74) is 2.70. The zero-order valence-corrected chi connectivity index (χ0v) is 12.1. The molecule has 0 amide bonds. The molecular weight excluding hydrogens is 306 g/mol. The molecule has 100 valence electrons. The van der Waals surface area contributed by atoms with Crippen LogP contribution in [0.4, 0.5) is 0 Å². The molecule has 3 rings (SSSR count). The summed E-state index contributed by atoms with van der Waals surface area (Å²) in [5, 5.41) is 13.0. The summed E-state index contributed by atoms with van der Waals surface area (Å²) in [6.45, 7) is 0.0376. The first-order valence-electron chi connectivity index (χ1n) is 6.46. The van der Waals surface area contributed by atoms with Gasteiger partial charge in [-0.25, -0.2) is 0 Å². The second kappa shape index (κ2) is 5.49. The molecule has 4 heteroatoms.